The molecule has 0 saturated carbocycles. The first-order valence-electron chi connectivity index (χ1n) is 4.31. The second-order valence-corrected chi connectivity index (χ2v) is 4.19. The topological polar surface area (TPSA) is 28.7 Å². The van der Waals surface area contributed by atoms with E-state index in [2.05, 4.69) is 22.6 Å². The predicted molar refractivity (Wildman–Crippen MR) is 66.7 cm³/mol. The van der Waals surface area contributed by atoms with Crippen LogP contribution in [0.5, 0.6) is 0 Å². The average molecular weight is 259 g/mol. The van der Waals surface area contributed by atoms with Crippen LogP contribution in [0.1, 0.15) is 5.82 Å². The van der Waals surface area contributed by atoms with Crippen LogP contribution >= 0.6 is 35.8 Å². The van der Waals surface area contributed by atoms with Gasteiger partial charge in [0.25, 0.3) is 0 Å². The van der Waals surface area contributed by atoms with Gasteiger partial charge in [0.15, 0.2) is 0 Å². The van der Waals surface area contributed by atoms with Gasteiger partial charge in [-0.25, -0.2) is 4.98 Å². The lowest BCUT2D eigenvalue weighted by molar-refractivity contribution is 1.13. The molecular formula is C10H8Cl2N2S. The molecule has 0 radical (unpaired) electrons. The number of benzene rings is 1. The van der Waals surface area contributed by atoms with E-state index in [4.69, 9.17) is 23.2 Å². The maximum absolute atomic E-state index is 6.07. The highest BCUT2D eigenvalue weighted by atomic mass is 35.5. The Morgan fingerprint density at radius 1 is 1.33 bits per heavy atom. The summed E-state index contributed by atoms with van der Waals surface area (Å²) in [5.74, 6) is 1.39. The lowest BCUT2D eigenvalue weighted by Crippen LogP contribution is -1.82. The van der Waals surface area contributed by atoms with E-state index in [1.807, 2.05) is 6.07 Å². The Bertz CT molecular complexity index is 482. The van der Waals surface area contributed by atoms with E-state index in [0.29, 0.717) is 15.8 Å². The van der Waals surface area contributed by atoms with Gasteiger partial charge in [-0.05, 0) is 18.2 Å². The Morgan fingerprint density at radius 2 is 2.13 bits per heavy atom. The fourth-order valence-corrected chi connectivity index (χ4v) is 1.96. The first-order chi connectivity index (χ1) is 7.20. The molecule has 0 aliphatic heterocycles. The van der Waals surface area contributed by atoms with Crippen LogP contribution < -0.4 is 0 Å². The van der Waals surface area contributed by atoms with Crippen LogP contribution in [0.25, 0.3) is 11.3 Å². The van der Waals surface area contributed by atoms with Crippen molar-refractivity contribution in [3.05, 3.63) is 40.3 Å². The average Bonchev–Trinajstić information content (AvgIpc) is 2.66. The standard InChI is InChI=1S/C10H8Cl2N2S/c11-6-1-2-7(8(12)3-6)9-4-13-10(5-15)14-9/h1-4,15H,5H2,(H,13,14). The van der Waals surface area contributed by atoms with Crippen molar-refractivity contribution >= 4 is 35.8 Å². The lowest BCUT2D eigenvalue weighted by Gasteiger charge is -2.01. The lowest BCUT2D eigenvalue weighted by atomic mass is 10.2. The normalized spacial score (nSPS) is 10.6. The van der Waals surface area contributed by atoms with Crippen molar-refractivity contribution in [3.63, 3.8) is 0 Å². The molecule has 5 heteroatoms. The van der Waals surface area contributed by atoms with Crippen molar-refractivity contribution in [2.45, 2.75) is 5.75 Å². The predicted octanol–water partition coefficient (Wildman–Crippen LogP) is 3.81. The third-order valence-corrected chi connectivity index (χ3v) is 2.85. The van der Waals surface area contributed by atoms with Crippen molar-refractivity contribution in [2.75, 3.05) is 0 Å². The molecule has 0 spiro atoms. The van der Waals surface area contributed by atoms with Gasteiger partial charge in [0.1, 0.15) is 5.82 Å². The minimum Gasteiger partial charge on any atom is -0.341 e. The second-order valence-electron chi connectivity index (χ2n) is 3.03. The van der Waals surface area contributed by atoms with Gasteiger partial charge in [0, 0.05) is 16.3 Å². The van der Waals surface area contributed by atoms with Gasteiger partial charge in [0.05, 0.1) is 16.9 Å². The summed E-state index contributed by atoms with van der Waals surface area (Å²) in [5, 5.41) is 1.23. The van der Waals surface area contributed by atoms with Gasteiger partial charge in [-0.3, -0.25) is 0 Å². The van der Waals surface area contributed by atoms with Gasteiger partial charge in [-0.1, -0.05) is 23.2 Å². The number of H-pyrrole nitrogens is 1. The summed E-state index contributed by atoms with van der Waals surface area (Å²) in [6, 6.07) is 5.37. The molecule has 0 saturated heterocycles. The number of aromatic amines is 1. The molecule has 1 aromatic carbocycles. The molecule has 0 unspecified atom stereocenters. The molecule has 0 amide bonds. The quantitative estimate of drug-likeness (QED) is 0.789. The van der Waals surface area contributed by atoms with Gasteiger partial charge in [-0.2, -0.15) is 12.6 Å². The fourth-order valence-electron chi connectivity index (χ4n) is 1.29. The largest absolute Gasteiger partial charge is 0.341 e. The first kappa shape index (κ1) is 10.9. The summed E-state index contributed by atoms with van der Waals surface area (Å²) >= 11 is 16.0. The number of hydrogen-bond acceptors (Lipinski definition) is 2. The van der Waals surface area contributed by atoms with Crippen molar-refractivity contribution in [2.24, 2.45) is 0 Å². The first-order valence-corrected chi connectivity index (χ1v) is 5.69. The Balaban J connectivity index is 2.44. The van der Waals surface area contributed by atoms with E-state index in [0.717, 1.165) is 17.1 Å². The van der Waals surface area contributed by atoms with E-state index < -0.39 is 0 Å². The molecule has 0 aliphatic rings. The Hall–Kier alpha value is -0.640. The number of nitrogens with zero attached hydrogens (tertiary/aromatic N) is 1. The molecule has 0 aliphatic carbocycles. The highest BCUT2D eigenvalue weighted by molar-refractivity contribution is 7.79. The molecule has 78 valence electrons. The number of rotatable bonds is 2. The van der Waals surface area contributed by atoms with E-state index in [9.17, 15) is 0 Å². The number of thiol groups is 1. The third kappa shape index (κ3) is 2.30. The van der Waals surface area contributed by atoms with E-state index in [1.165, 1.54) is 0 Å². The SMILES string of the molecule is SCc1ncc(-c2ccc(Cl)cc2Cl)[nH]1. The zero-order valence-corrected chi connectivity index (χ0v) is 10.1. The summed E-state index contributed by atoms with van der Waals surface area (Å²) < 4.78 is 0. The van der Waals surface area contributed by atoms with Crippen LogP contribution in [-0.2, 0) is 5.75 Å². The highest BCUT2D eigenvalue weighted by Crippen LogP contribution is 2.29. The highest BCUT2D eigenvalue weighted by Gasteiger charge is 2.06. The molecule has 0 fully saturated rings. The molecule has 0 atom stereocenters. The van der Waals surface area contributed by atoms with Gasteiger partial charge >= 0.3 is 0 Å². The molecule has 1 N–H and O–H groups in total. The summed E-state index contributed by atoms with van der Waals surface area (Å²) in [6.07, 6.45) is 1.74. The number of imidazole rings is 1. The maximum atomic E-state index is 6.07. The zero-order chi connectivity index (χ0) is 10.8. The fraction of sp³-hybridized carbons (Fsp3) is 0.100. The summed E-state index contributed by atoms with van der Waals surface area (Å²) in [6.45, 7) is 0. The van der Waals surface area contributed by atoms with Crippen molar-refractivity contribution in [1.82, 2.24) is 9.97 Å². The molecular weight excluding hydrogens is 251 g/mol. The second kappa shape index (κ2) is 4.47. The molecule has 2 rings (SSSR count). The molecule has 0 bridgehead atoms. The maximum Gasteiger partial charge on any atom is 0.116 e. The van der Waals surface area contributed by atoms with Crippen LogP contribution in [0.2, 0.25) is 10.0 Å². The minimum absolute atomic E-state index is 0.575. The Morgan fingerprint density at radius 3 is 2.73 bits per heavy atom. The summed E-state index contributed by atoms with van der Waals surface area (Å²) in [4.78, 5) is 7.28. The minimum atomic E-state index is 0.575. The molecule has 1 heterocycles. The Labute approximate surface area is 103 Å². The number of hydrogen-bond donors (Lipinski definition) is 2. The monoisotopic (exact) mass is 258 g/mol. The van der Waals surface area contributed by atoms with Crippen molar-refractivity contribution in [3.8, 4) is 11.3 Å². The molecule has 15 heavy (non-hydrogen) atoms. The van der Waals surface area contributed by atoms with E-state index in [-0.39, 0.29) is 0 Å². The number of nitrogens with one attached hydrogen (secondary N) is 1. The van der Waals surface area contributed by atoms with Gasteiger partial charge in [0.2, 0.25) is 0 Å². The van der Waals surface area contributed by atoms with E-state index in [1.54, 1.807) is 18.3 Å². The molecule has 2 nitrogen and oxygen atoms in total. The Kier molecular flexibility index (Phi) is 3.24. The summed E-state index contributed by atoms with van der Waals surface area (Å²) in [5.41, 5.74) is 1.77. The van der Waals surface area contributed by atoms with Crippen LogP contribution in [0.3, 0.4) is 0 Å². The smallest absolute Gasteiger partial charge is 0.116 e. The van der Waals surface area contributed by atoms with Gasteiger partial charge < -0.3 is 4.98 Å². The van der Waals surface area contributed by atoms with Crippen LogP contribution in [0.4, 0.5) is 0 Å². The van der Waals surface area contributed by atoms with Crippen molar-refractivity contribution in [1.29, 1.82) is 0 Å². The van der Waals surface area contributed by atoms with Crippen molar-refractivity contribution < 1.29 is 0 Å². The third-order valence-electron chi connectivity index (χ3n) is 2.00. The van der Waals surface area contributed by atoms with Gasteiger partial charge in [-0.15, -0.1) is 0 Å². The van der Waals surface area contributed by atoms with Crippen LogP contribution in [-0.4, -0.2) is 9.97 Å². The molecule has 2 aromatic rings. The molecule has 1 aromatic heterocycles. The summed E-state index contributed by atoms with van der Waals surface area (Å²) in [7, 11) is 0. The number of aromatic nitrogens is 2. The van der Waals surface area contributed by atoms with E-state index >= 15 is 0 Å². The van der Waals surface area contributed by atoms with Crippen LogP contribution in [0, 0.1) is 0 Å². The van der Waals surface area contributed by atoms with Crippen LogP contribution in [0.15, 0.2) is 24.4 Å². The number of halogens is 2. The zero-order valence-electron chi connectivity index (χ0n) is 7.67.